The number of hydrogen-bond donors (Lipinski definition) is 1. The summed E-state index contributed by atoms with van der Waals surface area (Å²) in [6.07, 6.45) is 1.59. The molecule has 2 rings (SSSR count). The van der Waals surface area contributed by atoms with Gasteiger partial charge in [-0.3, -0.25) is 14.5 Å². The molecule has 0 aliphatic carbocycles. The molecule has 1 fully saturated rings. The quantitative estimate of drug-likeness (QED) is 0.858. The Bertz CT molecular complexity index is 562. The number of rotatable bonds is 4. The highest BCUT2D eigenvalue weighted by Gasteiger charge is 2.17. The van der Waals surface area contributed by atoms with E-state index in [1.54, 1.807) is 10.8 Å². The molecule has 1 amide bonds. The summed E-state index contributed by atoms with van der Waals surface area (Å²) in [5, 5.41) is 2.90. The minimum absolute atomic E-state index is 0.0124. The minimum Gasteiger partial charge on any atom is -0.379 e. The second-order valence-corrected chi connectivity index (χ2v) is 5.59. The standard InChI is InChI=1S/C15H23N3O3/c1-11(9-18-4-6-21-7-5-18)16-15(20)13-10-17(3)12(2)8-14(13)19/h8,10-11H,4-7,9H2,1-3H3,(H,16,20)/t11-/m0/s1. The summed E-state index contributed by atoms with van der Waals surface area (Å²) in [5.74, 6) is -0.309. The van der Waals surface area contributed by atoms with Crippen LogP contribution in [0.25, 0.3) is 0 Å². The van der Waals surface area contributed by atoms with Crippen LogP contribution in [0, 0.1) is 6.92 Å². The molecule has 1 atom stereocenters. The average molecular weight is 293 g/mol. The molecule has 0 unspecified atom stereocenters. The lowest BCUT2D eigenvalue weighted by Gasteiger charge is -2.29. The number of hydrogen-bond acceptors (Lipinski definition) is 4. The lowest BCUT2D eigenvalue weighted by molar-refractivity contribution is 0.0342. The van der Waals surface area contributed by atoms with Crippen LogP contribution in [0.15, 0.2) is 17.1 Å². The fourth-order valence-corrected chi connectivity index (χ4v) is 2.42. The summed E-state index contributed by atoms with van der Waals surface area (Å²) >= 11 is 0. The van der Waals surface area contributed by atoms with E-state index in [-0.39, 0.29) is 22.9 Å². The molecular formula is C15H23N3O3. The van der Waals surface area contributed by atoms with Crippen molar-refractivity contribution < 1.29 is 9.53 Å². The Morgan fingerprint density at radius 1 is 1.43 bits per heavy atom. The van der Waals surface area contributed by atoms with Gasteiger partial charge in [-0.2, -0.15) is 0 Å². The Kier molecular flexibility index (Phi) is 5.14. The third-order valence-electron chi connectivity index (χ3n) is 3.74. The van der Waals surface area contributed by atoms with Gasteiger partial charge < -0.3 is 14.6 Å². The van der Waals surface area contributed by atoms with Gasteiger partial charge in [0.2, 0.25) is 0 Å². The Balaban J connectivity index is 1.97. The van der Waals surface area contributed by atoms with Gasteiger partial charge in [0.05, 0.1) is 13.2 Å². The first-order valence-corrected chi connectivity index (χ1v) is 7.25. The van der Waals surface area contributed by atoms with Crippen LogP contribution in [0.3, 0.4) is 0 Å². The van der Waals surface area contributed by atoms with Gasteiger partial charge in [-0.1, -0.05) is 0 Å². The number of aromatic nitrogens is 1. The number of carbonyl (C=O) groups excluding carboxylic acids is 1. The monoisotopic (exact) mass is 293 g/mol. The first-order valence-electron chi connectivity index (χ1n) is 7.25. The lowest BCUT2D eigenvalue weighted by atomic mass is 10.2. The van der Waals surface area contributed by atoms with Gasteiger partial charge in [0.15, 0.2) is 5.43 Å². The molecule has 21 heavy (non-hydrogen) atoms. The van der Waals surface area contributed by atoms with Crippen LogP contribution >= 0.6 is 0 Å². The topological polar surface area (TPSA) is 63.6 Å². The predicted molar refractivity (Wildman–Crippen MR) is 80.6 cm³/mol. The van der Waals surface area contributed by atoms with E-state index in [4.69, 9.17) is 4.74 Å². The van der Waals surface area contributed by atoms with Crippen molar-refractivity contribution in [3.05, 3.63) is 33.7 Å². The summed E-state index contributed by atoms with van der Waals surface area (Å²) in [6, 6.07) is 1.48. The van der Waals surface area contributed by atoms with Gasteiger partial charge in [0, 0.05) is 50.7 Å². The number of carbonyl (C=O) groups is 1. The third kappa shape index (κ3) is 4.15. The Morgan fingerprint density at radius 2 is 2.10 bits per heavy atom. The van der Waals surface area contributed by atoms with Crippen LogP contribution in [-0.2, 0) is 11.8 Å². The maximum atomic E-state index is 12.2. The Labute approximate surface area is 124 Å². The molecule has 1 saturated heterocycles. The van der Waals surface area contributed by atoms with E-state index in [9.17, 15) is 9.59 Å². The van der Waals surface area contributed by atoms with Crippen molar-refractivity contribution in [3.63, 3.8) is 0 Å². The second kappa shape index (κ2) is 6.87. The molecule has 0 aromatic carbocycles. The zero-order chi connectivity index (χ0) is 15.4. The van der Waals surface area contributed by atoms with Crippen LogP contribution < -0.4 is 10.7 Å². The van der Waals surface area contributed by atoms with Crippen LogP contribution in [0.1, 0.15) is 23.0 Å². The summed E-state index contributed by atoms with van der Waals surface area (Å²) in [5.41, 5.74) is 0.788. The lowest BCUT2D eigenvalue weighted by Crippen LogP contribution is -2.46. The highest BCUT2D eigenvalue weighted by atomic mass is 16.5. The average Bonchev–Trinajstić information content (AvgIpc) is 2.43. The van der Waals surface area contributed by atoms with Crippen molar-refractivity contribution in [2.24, 2.45) is 7.05 Å². The number of nitrogens with one attached hydrogen (secondary N) is 1. The number of pyridine rings is 1. The van der Waals surface area contributed by atoms with Crippen molar-refractivity contribution in [1.29, 1.82) is 0 Å². The number of aryl methyl sites for hydroxylation is 2. The Morgan fingerprint density at radius 3 is 2.76 bits per heavy atom. The second-order valence-electron chi connectivity index (χ2n) is 5.59. The van der Waals surface area contributed by atoms with Crippen LogP contribution in [0.2, 0.25) is 0 Å². The summed E-state index contributed by atoms with van der Waals surface area (Å²) in [4.78, 5) is 26.4. The molecule has 1 N–H and O–H groups in total. The molecule has 116 valence electrons. The van der Waals surface area contributed by atoms with Crippen molar-refractivity contribution in [3.8, 4) is 0 Å². The maximum absolute atomic E-state index is 12.2. The Hall–Kier alpha value is -1.66. The molecule has 2 heterocycles. The maximum Gasteiger partial charge on any atom is 0.257 e. The van der Waals surface area contributed by atoms with Crippen molar-refractivity contribution in [2.75, 3.05) is 32.8 Å². The zero-order valence-corrected chi connectivity index (χ0v) is 12.9. The molecule has 0 spiro atoms. The highest BCUT2D eigenvalue weighted by Crippen LogP contribution is 2.01. The number of morpholine rings is 1. The molecule has 6 heteroatoms. The minimum atomic E-state index is -0.309. The van der Waals surface area contributed by atoms with Crippen LogP contribution in [0.4, 0.5) is 0 Å². The third-order valence-corrected chi connectivity index (χ3v) is 3.74. The molecule has 0 bridgehead atoms. The van der Waals surface area contributed by atoms with Gasteiger partial charge >= 0.3 is 0 Å². The number of ether oxygens (including phenoxy) is 1. The molecule has 1 aromatic heterocycles. The summed E-state index contributed by atoms with van der Waals surface area (Å²) < 4.78 is 7.08. The first kappa shape index (κ1) is 15.7. The van der Waals surface area contributed by atoms with Gasteiger partial charge in [0.25, 0.3) is 5.91 Å². The fraction of sp³-hybridized carbons (Fsp3) is 0.600. The van der Waals surface area contributed by atoms with Crippen molar-refractivity contribution in [2.45, 2.75) is 19.9 Å². The zero-order valence-electron chi connectivity index (χ0n) is 12.9. The molecule has 0 radical (unpaired) electrons. The highest BCUT2D eigenvalue weighted by molar-refractivity contribution is 5.94. The number of nitrogens with zero attached hydrogens (tertiary/aromatic N) is 2. The largest absolute Gasteiger partial charge is 0.379 e. The van der Waals surface area contributed by atoms with E-state index < -0.39 is 0 Å². The molecule has 1 aliphatic heterocycles. The summed E-state index contributed by atoms with van der Waals surface area (Å²) in [6.45, 7) is 7.79. The SMILES string of the molecule is Cc1cc(=O)c(C(=O)N[C@@H](C)CN2CCOCC2)cn1C. The molecule has 6 nitrogen and oxygen atoms in total. The van der Waals surface area contributed by atoms with E-state index in [2.05, 4.69) is 10.2 Å². The molecule has 1 aromatic rings. The van der Waals surface area contributed by atoms with E-state index >= 15 is 0 Å². The van der Waals surface area contributed by atoms with Gasteiger partial charge in [-0.15, -0.1) is 0 Å². The normalized spacial score (nSPS) is 17.5. The molecular weight excluding hydrogens is 270 g/mol. The van der Waals surface area contributed by atoms with E-state index in [0.29, 0.717) is 0 Å². The smallest absolute Gasteiger partial charge is 0.257 e. The summed E-state index contributed by atoms with van der Waals surface area (Å²) in [7, 11) is 1.82. The fourth-order valence-electron chi connectivity index (χ4n) is 2.42. The van der Waals surface area contributed by atoms with E-state index in [0.717, 1.165) is 38.5 Å². The molecule has 1 aliphatic rings. The molecule has 0 saturated carbocycles. The predicted octanol–water partition coefficient (Wildman–Crippen LogP) is 0.144. The van der Waals surface area contributed by atoms with Crippen molar-refractivity contribution >= 4 is 5.91 Å². The van der Waals surface area contributed by atoms with Crippen LogP contribution in [0.5, 0.6) is 0 Å². The number of amides is 1. The van der Waals surface area contributed by atoms with E-state index in [1.807, 2.05) is 20.9 Å². The van der Waals surface area contributed by atoms with Gasteiger partial charge in [0.1, 0.15) is 5.56 Å². The van der Waals surface area contributed by atoms with Gasteiger partial charge in [-0.05, 0) is 13.8 Å². The van der Waals surface area contributed by atoms with E-state index in [1.165, 1.54) is 6.07 Å². The van der Waals surface area contributed by atoms with Crippen molar-refractivity contribution in [1.82, 2.24) is 14.8 Å². The van der Waals surface area contributed by atoms with Gasteiger partial charge in [-0.25, -0.2) is 0 Å². The first-order chi connectivity index (χ1) is 9.97. The van der Waals surface area contributed by atoms with Crippen LogP contribution in [-0.4, -0.2) is 54.3 Å².